The molecule has 0 saturated carbocycles. The van der Waals surface area contributed by atoms with Gasteiger partial charge < -0.3 is 10.2 Å². The van der Waals surface area contributed by atoms with Crippen LogP contribution in [0.1, 0.15) is 35.3 Å². The number of piperidine rings is 1. The maximum atomic E-state index is 13.6. The summed E-state index contributed by atoms with van der Waals surface area (Å²) in [4.78, 5) is 22.7. The number of hydrogen-bond acceptors (Lipinski definition) is 4. The fraction of sp³-hybridized carbons (Fsp3) is 0.389. The molecule has 1 N–H and O–H groups in total. The summed E-state index contributed by atoms with van der Waals surface area (Å²) in [5.41, 5.74) is 0.939. The topological polar surface area (TPSA) is 58.1 Å². The average Bonchev–Trinajstić information content (AvgIpc) is 2.64. The minimum Gasteiger partial charge on any atom is -0.357 e. The van der Waals surface area contributed by atoms with Gasteiger partial charge in [-0.1, -0.05) is 18.2 Å². The Morgan fingerprint density at radius 1 is 1.17 bits per heavy atom. The van der Waals surface area contributed by atoms with Crippen LogP contribution in [0.15, 0.2) is 36.7 Å². The van der Waals surface area contributed by atoms with Crippen LogP contribution in [-0.2, 0) is 6.42 Å². The van der Waals surface area contributed by atoms with Crippen LogP contribution in [0.3, 0.4) is 0 Å². The van der Waals surface area contributed by atoms with Crippen LogP contribution >= 0.6 is 0 Å². The summed E-state index contributed by atoms with van der Waals surface area (Å²) in [5.74, 6) is 0.289. The number of halogens is 1. The third-order valence-electron chi connectivity index (χ3n) is 4.20. The number of aromatic nitrogens is 2. The van der Waals surface area contributed by atoms with E-state index in [1.807, 2.05) is 0 Å². The van der Waals surface area contributed by atoms with Crippen LogP contribution in [0.5, 0.6) is 0 Å². The lowest BCUT2D eigenvalue weighted by Gasteiger charge is -2.27. The first-order valence-corrected chi connectivity index (χ1v) is 8.32. The van der Waals surface area contributed by atoms with E-state index in [0.717, 1.165) is 31.7 Å². The Morgan fingerprint density at radius 2 is 1.96 bits per heavy atom. The molecule has 0 unspecified atom stereocenters. The second-order valence-electron chi connectivity index (χ2n) is 5.91. The molecule has 3 rings (SSSR count). The smallest absolute Gasteiger partial charge is 0.270 e. The summed E-state index contributed by atoms with van der Waals surface area (Å²) >= 11 is 0. The number of nitrogens with one attached hydrogen (secondary N) is 1. The summed E-state index contributed by atoms with van der Waals surface area (Å²) in [7, 11) is 0. The number of amides is 1. The largest absolute Gasteiger partial charge is 0.357 e. The van der Waals surface area contributed by atoms with Gasteiger partial charge >= 0.3 is 0 Å². The molecule has 2 heterocycles. The minimum absolute atomic E-state index is 0.249. The molecular formula is C18H21FN4O. The van der Waals surface area contributed by atoms with E-state index in [0.29, 0.717) is 24.2 Å². The van der Waals surface area contributed by atoms with Crippen molar-refractivity contribution >= 4 is 11.7 Å². The molecule has 0 aliphatic carbocycles. The van der Waals surface area contributed by atoms with Crippen LogP contribution in [0.2, 0.25) is 0 Å². The molecule has 126 valence electrons. The summed E-state index contributed by atoms with van der Waals surface area (Å²) in [6.45, 7) is 2.29. The Morgan fingerprint density at radius 3 is 2.75 bits per heavy atom. The number of hydrogen-bond donors (Lipinski definition) is 1. The van der Waals surface area contributed by atoms with E-state index in [1.54, 1.807) is 24.3 Å². The maximum Gasteiger partial charge on any atom is 0.270 e. The molecule has 6 heteroatoms. The number of carbonyl (C=O) groups is 1. The quantitative estimate of drug-likeness (QED) is 0.916. The highest BCUT2D eigenvalue weighted by atomic mass is 19.1. The molecular weight excluding hydrogens is 307 g/mol. The van der Waals surface area contributed by atoms with E-state index in [-0.39, 0.29) is 11.7 Å². The second kappa shape index (κ2) is 7.86. The Labute approximate surface area is 140 Å². The molecule has 24 heavy (non-hydrogen) atoms. The predicted molar refractivity (Wildman–Crippen MR) is 90.5 cm³/mol. The zero-order chi connectivity index (χ0) is 16.8. The highest BCUT2D eigenvalue weighted by Gasteiger charge is 2.15. The Balaban J connectivity index is 1.57. The number of carbonyl (C=O) groups excluding carboxylic acids is 1. The van der Waals surface area contributed by atoms with E-state index >= 15 is 0 Å². The summed E-state index contributed by atoms with van der Waals surface area (Å²) in [5, 5.41) is 2.79. The molecule has 1 fully saturated rings. The van der Waals surface area contributed by atoms with Gasteiger partial charge in [0, 0.05) is 25.7 Å². The van der Waals surface area contributed by atoms with Crippen molar-refractivity contribution < 1.29 is 9.18 Å². The molecule has 2 aromatic rings. The van der Waals surface area contributed by atoms with Crippen molar-refractivity contribution in [2.75, 3.05) is 24.5 Å². The van der Waals surface area contributed by atoms with E-state index < -0.39 is 0 Å². The van der Waals surface area contributed by atoms with Gasteiger partial charge in [-0.3, -0.25) is 4.79 Å². The second-order valence-corrected chi connectivity index (χ2v) is 5.91. The van der Waals surface area contributed by atoms with Gasteiger partial charge in [0.25, 0.3) is 5.91 Å². The zero-order valence-electron chi connectivity index (χ0n) is 13.5. The van der Waals surface area contributed by atoms with E-state index in [2.05, 4.69) is 20.2 Å². The van der Waals surface area contributed by atoms with Gasteiger partial charge in [0.05, 0.1) is 0 Å². The lowest BCUT2D eigenvalue weighted by molar-refractivity contribution is 0.0949. The van der Waals surface area contributed by atoms with Crippen molar-refractivity contribution in [3.05, 3.63) is 53.7 Å². The summed E-state index contributed by atoms with van der Waals surface area (Å²) in [6.07, 6.45) is 5.41. The van der Waals surface area contributed by atoms with Gasteiger partial charge in [-0.25, -0.2) is 14.4 Å². The highest BCUT2D eigenvalue weighted by molar-refractivity contribution is 5.92. The first kappa shape index (κ1) is 16.4. The molecule has 0 spiro atoms. The Bertz CT molecular complexity index is 701. The normalized spacial score (nSPS) is 14.5. The van der Waals surface area contributed by atoms with Gasteiger partial charge in [-0.05, 0) is 37.3 Å². The molecule has 0 bridgehead atoms. The molecule has 1 aliphatic rings. The molecule has 1 saturated heterocycles. The van der Waals surface area contributed by atoms with Crippen molar-refractivity contribution in [2.24, 2.45) is 0 Å². The third kappa shape index (κ3) is 4.07. The van der Waals surface area contributed by atoms with E-state index in [1.165, 1.54) is 18.8 Å². The Hall–Kier alpha value is -2.50. The molecule has 1 aliphatic heterocycles. The monoisotopic (exact) mass is 328 g/mol. The van der Waals surface area contributed by atoms with Gasteiger partial charge in [-0.15, -0.1) is 0 Å². The van der Waals surface area contributed by atoms with Gasteiger partial charge in [0.15, 0.2) is 0 Å². The molecule has 0 radical (unpaired) electrons. The minimum atomic E-state index is -0.257. The predicted octanol–water partition coefficient (Wildman–Crippen LogP) is 2.58. The van der Waals surface area contributed by atoms with Gasteiger partial charge in [-0.2, -0.15) is 0 Å². The fourth-order valence-corrected chi connectivity index (χ4v) is 2.87. The lowest BCUT2D eigenvalue weighted by Crippen LogP contribution is -2.31. The molecule has 1 aromatic carbocycles. The van der Waals surface area contributed by atoms with Crippen molar-refractivity contribution in [1.82, 2.24) is 15.3 Å². The standard InChI is InChI=1S/C18H21FN4O/c19-15-7-3-2-6-14(15)8-9-20-18(24)16-12-17(22-13-21-16)23-10-4-1-5-11-23/h2-3,6-7,12-13H,1,4-5,8-11H2,(H,20,24). The first-order chi connectivity index (χ1) is 11.7. The average molecular weight is 328 g/mol. The van der Waals surface area contributed by atoms with E-state index in [9.17, 15) is 9.18 Å². The van der Waals surface area contributed by atoms with Gasteiger partial charge in [0.1, 0.15) is 23.7 Å². The molecule has 5 nitrogen and oxygen atoms in total. The third-order valence-corrected chi connectivity index (χ3v) is 4.20. The van der Waals surface area contributed by atoms with Crippen molar-refractivity contribution in [1.29, 1.82) is 0 Å². The Kier molecular flexibility index (Phi) is 5.36. The summed E-state index contributed by atoms with van der Waals surface area (Å²) < 4.78 is 13.6. The highest BCUT2D eigenvalue weighted by Crippen LogP contribution is 2.17. The molecule has 1 aromatic heterocycles. The molecule has 0 atom stereocenters. The summed E-state index contributed by atoms with van der Waals surface area (Å²) in [6, 6.07) is 8.31. The van der Waals surface area contributed by atoms with Crippen LogP contribution in [0, 0.1) is 5.82 Å². The molecule has 1 amide bonds. The number of nitrogens with zero attached hydrogens (tertiary/aromatic N) is 3. The maximum absolute atomic E-state index is 13.6. The van der Waals surface area contributed by atoms with Crippen molar-refractivity contribution in [3.63, 3.8) is 0 Å². The number of rotatable bonds is 5. The lowest BCUT2D eigenvalue weighted by atomic mass is 10.1. The van der Waals surface area contributed by atoms with Crippen LogP contribution < -0.4 is 10.2 Å². The fourth-order valence-electron chi connectivity index (χ4n) is 2.87. The van der Waals surface area contributed by atoms with Crippen LogP contribution in [0.25, 0.3) is 0 Å². The van der Waals surface area contributed by atoms with Crippen molar-refractivity contribution in [2.45, 2.75) is 25.7 Å². The van der Waals surface area contributed by atoms with Gasteiger partial charge in [0.2, 0.25) is 0 Å². The van der Waals surface area contributed by atoms with Crippen LogP contribution in [0.4, 0.5) is 10.2 Å². The zero-order valence-corrected chi connectivity index (χ0v) is 13.5. The van der Waals surface area contributed by atoms with E-state index in [4.69, 9.17) is 0 Å². The number of anilines is 1. The number of benzene rings is 1. The first-order valence-electron chi connectivity index (χ1n) is 8.32. The van der Waals surface area contributed by atoms with Crippen LogP contribution in [-0.4, -0.2) is 35.5 Å². The van der Waals surface area contributed by atoms with Crippen molar-refractivity contribution in [3.8, 4) is 0 Å². The SMILES string of the molecule is O=C(NCCc1ccccc1F)c1cc(N2CCCCC2)ncn1.